The third-order valence-corrected chi connectivity index (χ3v) is 6.12. The van der Waals surface area contributed by atoms with Crippen molar-refractivity contribution in [3.8, 4) is 0 Å². The number of furan rings is 1. The van der Waals surface area contributed by atoms with Gasteiger partial charge in [0.15, 0.2) is 6.61 Å². The normalized spacial score (nSPS) is 22.1. The van der Waals surface area contributed by atoms with E-state index in [1.165, 1.54) is 11.3 Å². The van der Waals surface area contributed by atoms with Gasteiger partial charge in [0.25, 0.3) is 11.8 Å². The van der Waals surface area contributed by atoms with Crippen LogP contribution in [0, 0.1) is 6.92 Å². The fraction of sp³-hybridized carbons (Fsp3) is 0.375. The molecule has 4 amide bonds. The Kier molecular flexibility index (Phi) is 6.23. The summed E-state index contributed by atoms with van der Waals surface area (Å²) in [4.78, 5) is 50.6. The molecule has 2 unspecified atom stereocenters. The number of ether oxygens (including phenoxy) is 1. The van der Waals surface area contributed by atoms with Gasteiger partial charge in [0, 0.05) is 6.42 Å². The van der Waals surface area contributed by atoms with Crippen molar-refractivity contribution in [3.05, 3.63) is 59.5 Å². The van der Waals surface area contributed by atoms with E-state index in [0.29, 0.717) is 24.3 Å². The largest absolute Gasteiger partial charge is 0.467 e. The van der Waals surface area contributed by atoms with Crippen molar-refractivity contribution in [3.63, 3.8) is 0 Å². The molecule has 2 atom stereocenters. The van der Waals surface area contributed by atoms with Gasteiger partial charge < -0.3 is 14.5 Å². The Morgan fingerprint density at radius 3 is 2.59 bits per heavy atom. The number of carbonyl (C=O) groups is 4. The van der Waals surface area contributed by atoms with Crippen LogP contribution in [0.3, 0.4) is 0 Å². The van der Waals surface area contributed by atoms with Crippen molar-refractivity contribution in [1.29, 1.82) is 0 Å². The van der Waals surface area contributed by atoms with Gasteiger partial charge in [0.1, 0.15) is 23.9 Å². The molecule has 1 aromatic carbocycles. The Hall–Kier alpha value is -3.95. The first-order chi connectivity index (χ1) is 16.2. The van der Waals surface area contributed by atoms with Gasteiger partial charge >= 0.3 is 12.0 Å². The predicted molar refractivity (Wildman–Crippen MR) is 121 cm³/mol. The second-order valence-electron chi connectivity index (χ2n) is 8.55. The topological polar surface area (TPSA) is 122 Å². The Bertz CT molecular complexity index is 1140. The maximum absolute atomic E-state index is 12.9. The molecular weight excluding hydrogens is 440 g/mol. The number of carbonyl (C=O) groups excluding carboxylic acids is 4. The summed E-state index contributed by atoms with van der Waals surface area (Å²) in [5.41, 5.74) is 1.64. The molecule has 34 heavy (non-hydrogen) atoms. The fourth-order valence-corrected chi connectivity index (χ4v) is 3.88. The molecule has 2 aliphatic rings. The quantitative estimate of drug-likeness (QED) is 0.494. The van der Waals surface area contributed by atoms with Crippen LogP contribution in [0.25, 0.3) is 0 Å². The number of aryl methyl sites for hydroxylation is 1. The van der Waals surface area contributed by atoms with E-state index in [1.54, 1.807) is 26.0 Å². The number of esters is 1. The number of urea groups is 1. The zero-order valence-electron chi connectivity index (χ0n) is 19.2. The first-order valence-corrected chi connectivity index (χ1v) is 11.0. The van der Waals surface area contributed by atoms with Gasteiger partial charge in [0.05, 0.1) is 12.0 Å². The molecule has 1 saturated heterocycles. The molecule has 0 radical (unpaired) electrons. The molecular formula is C24H26N4O6. The summed E-state index contributed by atoms with van der Waals surface area (Å²) in [7, 11) is 0. The van der Waals surface area contributed by atoms with E-state index >= 15 is 0 Å². The van der Waals surface area contributed by atoms with Crippen molar-refractivity contribution in [2.24, 2.45) is 5.10 Å². The van der Waals surface area contributed by atoms with Gasteiger partial charge in [-0.1, -0.05) is 36.8 Å². The van der Waals surface area contributed by atoms with Crippen molar-refractivity contribution >= 4 is 29.5 Å². The molecule has 10 nitrogen and oxygen atoms in total. The molecule has 1 N–H and O–H groups in total. The summed E-state index contributed by atoms with van der Waals surface area (Å²) in [6.45, 7) is 4.17. The lowest BCUT2D eigenvalue weighted by Crippen LogP contribution is -2.43. The molecule has 4 rings (SSSR count). The standard InChI is InChI=1S/C24H26N4O6/c1-4-24(3)22(31)27(23(32)25-24)13-21(30)34-14-20(29)28-18(19-6-5-11-33-19)12-17(26-28)16-9-7-15(2)8-10-16/h5-11,18H,4,12-14H2,1-3H3,(H,25,32). The summed E-state index contributed by atoms with van der Waals surface area (Å²) in [5, 5.41) is 8.30. The highest BCUT2D eigenvalue weighted by Crippen LogP contribution is 2.33. The van der Waals surface area contributed by atoms with Gasteiger partial charge in [-0.05, 0) is 38.0 Å². The Morgan fingerprint density at radius 2 is 1.97 bits per heavy atom. The Labute approximate surface area is 196 Å². The molecule has 3 heterocycles. The van der Waals surface area contributed by atoms with Crippen LogP contribution in [0.4, 0.5) is 4.79 Å². The smallest absolute Gasteiger partial charge is 0.326 e. The highest BCUT2D eigenvalue weighted by Gasteiger charge is 2.47. The van der Waals surface area contributed by atoms with E-state index in [2.05, 4.69) is 10.4 Å². The van der Waals surface area contributed by atoms with Crippen molar-refractivity contribution in [2.45, 2.75) is 45.2 Å². The lowest BCUT2D eigenvalue weighted by molar-refractivity contribution is -0.154. The summed E-state index contributed by atoms with van der Waals surface area (Å²) < 4.78 is 10.6. The number of nitrogens with one attached hydrogen (secondary N) is 1. The number of hydrazone groups is 1. The highest BCUT2D eigenvalue weighted by molar-refractivity contribution is 6.08. The molecule has 1 fully saturated rings. The molecule has 0 spiro atoms. The van der Waals surface area contributed by atoms with E-state index < -0.39 is 48.5 Å². The van der Waals surface area contributed by atoms with Gasteiger partial charge in [-0.25, -0.2) is 9.80 Å². The number of benzene rings is 1. The summed E-state index contributed by atoms with van der Waals surface area (Å²) in [5.74, 6) is -1.36. The molecule has 1 aromatic heterocycles. The van der Waals surface area contributed by atoms with Crippen molar-refractivity contribution in [1.82, 2.24) is 15.2 Å². The number of nitrogens with zero attached hydrogens (tertiary/aromatic N) is 3. The second kappa shape index (κ2) is 9.12. The number of rotatable bonds is 7. The van der Waals surface area contributed by atoms with Crippen molar-refractivity contribution in [2.75, 3.05) is 13.2 Å². The van der Waals surface area contributed by atoms with E-state index in [0.717, 1.165) is 16.0 Å². The third kappa shape index (κ3) is 4.43. The summed E-state index contributed by atoms with van der Waals surface area (Å²) in [6.07, 6.45) is 2.34. The monoisotopic (exact) mass is 466 g/mol. The zero-order valence-corrected chi connectivity index (χ0v) is 19.2. The van der Waals surface area contributed by atoms with Crippen LogP contribution in [-0.4, -0.2) is 58.1 Å². The van der Waals surface area contributed by atoms with Crippen LogP contribution < -0.4 is 5.32 Å². The predicted octanol–water partition coefficient (Wildman–Crippen LogP) is 2.53. The van der Waals surface area contributed by atoms with Crippen LogP contribution in [0.15, 0.2) is 52.2 Å². The van der Waals surface area contributed by atoms with Crippen LogP contribution >= 0.6 is 0 Å². The molecule has 0 aliphatic carbocycles. The van der Waals surface area contributed by atoms with Gasteiger partial charge in [-0.15, -0.1) is 0 Å². The zero-order chi connectivity index (χ0) is 24.5. The molecule has 178 valence electrons. The maximum atomic E-state index is 12.9. The van der Waals surface area contributed by atoms with Crippen molar-refractivity contribution < 1.29 is 28.3 Å². The average Bonchev–Trinajstić information content (AvgIpc) is 3.54. The van der Waals surface area contributed by atoms with E-state index in [4.69, 9.17) is 9.15 Å². The van der Waals surface area contributed by atoms with E-state index in [-0.39, 0.29) is 0 Å². The maximum Gasteiger partial charge on any atom is 0.326 e. The lowest BCUT2D eigenvalue weighted by Gasteiger charge is -2.20. The average molecular weight is 466 g/mol. The van der Waals surface area contributed by atoms with Crippen LogP contribution in [0.2, 0.25) is 0 Å². The Morgan fingerprint density at radius 1 is 1.24 bits per heavy atom. The van der Waals surface area contributed by atoms with Crippen LogP contribution in [0.1, 0.15) is 49.6 Å². The number of hydrogen-bond donors (Lipinski definition) is 1. The SMILES string of the molecule is CCC1(C)NC(=O)N(CC(=O)OCC(=O)N2N=C(c3ccc(C)cc3)CC2c2ccco2)C1=O. The number of imide groups is 1. The van der Waals surface area contributed by atoms with Gasteiger partial charge in [-0.3, -0.25) is 19.3 Å². The van der Waals surface area contributed by atoms with Crippen LogP contribution in [-0.2, 0) is 19.1 Å². The molecule has 2 aromatic rings. The number of amides is 4. The molecule has 0 saturated carbocycles. The van der Waals surface area contributed by atoms with E-state index in [1.807, 2.05) is 31.2 Å². The molecule has 2 aliphatic heterocycles. The summed E-state index contributed by atoms with van der Waals surface area (Å²) in [6, 6.07) is 10.1. The third-order valence-electron chi connectivity index (χ3n) is 6.12. The second-order valence-corrected chi connectivity index (χ2v) is 8.55. The van der Waals surface area contributed by atoms with Crippen LogP contribution in [0.5, 0.6) is 0 Å². The van der Waals surface area contributed by atoms with Gasteiger partial charge in [0.2, 0.25) is 0 Å². The fourth-order valence-electron chi connectivity index (χ4n) is 3.88. The molecule has 10 heteroatoms. The minimum absolute atomic E-state index is 0.381. The molecule has 0 bridgehead atoms. The minimum atomic E-state index is -1.06. The van der Waals surface area contributed by atoms with E-state index in [9.17, 15) is 19.2 Å². The number of hydrogen-bond acceptors (Lipinski definition) is 7. The lowest BCUT2D eigenvalue weighted by atomic mass is 9.99. The van der Waals surface area contributed by atoms with Gasteiger partial charge in [-0.2, -0.15) is 5.10 Å². The highest BCUT2D eigenvalue weighted by atomic mass is 16.5. The first-order valence-electron chi connectivity index (χ1n) is 11.0. The minimum Gasteiger partial charge on any atom is -0.467 e. The summed E-state index contributed by atoms with van der Waals surface area (Å²) >= 11 is 0. The first kappa shape index (κ1) is 23.2. The Balaban J connectivity index is 1.43.